The molecule has 0 aliphatic carbocycles. The zero-order valence-electron chi connectivity index (χ0n) is 16.8. The number of methoxy groups -OCH3 is 1. The van der Waals surface area contributed by atoms with Crippen LogP contribution >= 0.6 is 0 Å². The van der Waals surface area contributed by atoms with Crippen LogP contribution in [0, 0.1) is 0 Å². The maximum absolute atomic E-state index is 11.8. The number of unbranched alkanes of at least 4 members (excludes halogenated alkanes) is 4. The van der Waals surface area contributed by atoms with Crippen LogP contribution in [0.15, 0.2) is 53.6 Å². The third-order valence-electron chi connectivity index (χ3n) is 4.34. The van der Waals surface area contributed by atoms with Gasteiger partial charge in [0.1, 0.15) is 6.61 Å². The third kappa shape index (κ3) is 7.82. The Bertz CT molecular complexity index is 745. The molecule has 5 nitrogen and oxygen atoms in total. The summed E-state index contributed by atoms with van der Waals surface area (Å²) in [6, 6.07) is 15.5. The fourth-order valence-corrected chi connectivity index (χ4v) is 2.74. The molecule has 5 heteroatoms. The normalized spacial score (nSPS) is 10.8. The smallest absolute Gasteiger partial charge is 0.240 e. The molecule has 28 heavy (non-hydrogen) atoms. The van der Waals surface area contributed by atoms with E-state index in [2.05, 4.69) is 17.5 Å². The highest BCUT2D eigenvalue weighted by atomic mass is 16.5. The molecule has 150 valence electrons. The third-order valence-corrected chi connectivity index (χ3v) is 4.34. The number of ether oxygens (including phenoxy) is 2. The summed E-state index contributed by atoms with van der Waals surface area (Å²) < 4.78 is 11.3. The Hall–Kier alpha value is -2.82. The number of rotatable bonds is 12. The van der Waals surface area contributed by atoms with Crippen molar-refractivity contribution in [2.24, 2.45) is 5.10 Å². The van der Waals surface area contributed by atoms with Crippen LogP contribution in [0.3, 0.4) is 0 Å². The lowest BCUT2D eigenvalue weighted by molar-refractivity contribution is -0.121. The quantitative estimate of drug-likeness (QED) is 0.316. The SMILES string of the molecule is CCCCCCCC(=O)N/N=C/c1ccc(OCc2ccccc2)c(OC)c1. The van der Waals surface area contributed by atoms with Gasteiger partial charge < -0.3 is 9.47 Å². The van der Waals surface area contributed by atoms with Crippen LogP contribution in [0.1, 0.15) is 56.6 Å². The number of carbonyl (C=O) groups excluding carboxylic acids is 1. The summed E-state index contributed by atoms with van der Waals surface area (Å²) in [6.07, 6.45) is 7.73. The highest BCUT2D eigenvalue weighted by Crippen LogP contribution is 2.28. The lowest BCUT2D eigenvalue weighted by atomic mass is 10.1. The molecule has 1 amide bonds. The van der Waals surface area contributed by atoms with E-state index < -0.39 is 0 Å². The molecule has 0 saturated carbocycles. The molecule has 0 unspecified atom stereocenters. The molecule has 0 fully saturated rings. The Kier molecular flexibility index (Phi) is 9.62. The zero-order valence-corrected chi connectivity index (χ0v) is 16.8. The molecule has 0 radical (unpaired) electrons. The number of nitrogens with one attached hydrogen (secondary N) is 1. The van der Waals surface area contributed by atoms with Gasteiger partial charge in [0.2, 0.25) is 5.91 Å². The molecule has 1 N–H and O–H groups in total. The van der Waals surface area contributed by atoms with Gasteiger partial charge in [-0.3, -0.25) is 4.79 Å². The van der Waals surface area contributed by atoms with Gasteiger partial charge >= 0.3 is 0 Å². The molecule has 0 aliphatic heterocycles. The summed E-state index contributed by atoms with van der Waals surface area (Å²) in [6.45, 7) is 2.65. The Morgan fingerprint density at radius 3 is 2.57 bits per heavy atom. The van der Waals surface area contributed by atoms with Gasteiger partial charge in [-0.2, -0.15) is 5.10 Å². The first-order chi connectivity index (χ1) is 13.7. The fraction of sp³-hybridized carbons (Fsp3) is 0.391. The fourth-order valence-electron chi connectivity index (χ4n) is 2.74. The highest BCUT2D eigenvalue weighted by molar-refractivity contribution is 5.83. The molecule has 0 atom stereocenters. The summed E-state index contributed by atoms with van der Waals surface area (Å²) >= 11 is 0. The summed E-state index contributed by atoms with van der Waals surface area (Å²) in [7, 11) is 1.60. The van der Waals surface area contributed by atoms with Crippen molar-refractivity contribution in [2.75, 3.05) is 7.11 Å². The van der Waals surface area contributed by atoms with Crippen molar-refractivity contribution < 1.29 is 14.3 Å². The topological polar surface area (TPSA) is 59.9 Å². The molecular formula is C23H30N2O3. The monoisotopic (exact) mass is 382 g/mol. The van der Waals surface area contributed by atoms with Crippen molar-refractivity contribution in [3.05, 3.63) is 59.7 Å². The predicted octanol–water partition coefficient (Wildman–Crippen LogP) is 5.08. The van der Waals surface area contributed by atoms with E-state index in [1.165, 1.54) is 19.3 Å². The van der Waals surface area contributed by atoms with Crippen molar-refractivity contribution in [1.82, 2.24) is 5.43 Å². The van der Waals surface area contributed by atoms with Crippen LogP contribution in [0.4, 0.5) is 0 Å². The molecule has 0 aromatic heterocycles. The van der Waals surface area contributed by atoms with Crippen LogP contribution in [0.2, 0.25) is 0 Å². The first-order valence-electron chi connectivity index (χ1n) is 9.89. The number of amides is 1. The van der Waals surface area contributed by atoms with E-state index in [0.717, 1.165) is 24.0 Å². The number of benzene rings is 2. The van der Waals surface area contributed by atoms with E-state index in [9.17, 15) is 4.79 Å². The second-order valence-electron chi connectivity index (χ2n) is 6.64. The predicted molar refractivity (Wildman–Crippen MR) is 113 cm³/mol. The molecule has 0 aliphatic rings. The van der Waals surface area contributed by atoms with Gasteiger partial charge in [-0.15, -0.1) is 0 Å². The number of hydrazone groups is 1. The van der Waals surface area contributed by atoms with Crippen molar-refractivity contribution in [3.8, 4) is 11.5 Å². The van der Waals surface area contributed by atoms with Crippen molar-refractivity contribution in [2.45, 2.75) is 52.1 Å². The van der Waals surface area contributed by atoms with E-state index in [-0.39, 0.29) is 5.91 Å². The number of nitrogens with zero attached hydrogens (tertiary/aromatic N) is 1. The van der Waals surface area contributed by atoms with Gasteiger partial charge in [-0.05, 0) is 35.7 Å². The van der Waals surface area contributed by atoms with Gasteiger partial charge in [0.25, 0.3) is 0 Å². The molecule has 0 bridgehead atoms. The van der Waals surface area contributed by atoms with Gasteiger partial charge in [0.05, 0.1) is 13.3 Å². The summed E-state index contributed by atoms with van der Waals surface area (Å²) in [5.74, 6) is 1.24. The number of hydrogen-bond acceptors (Lipinski definition) is 4. The maximum atomic E-state index is 11.8. The second-order valence-corrected chi connectivity index (χ2v) is 6.64. The standard InChI is InChI=1S/C23H30N2O3/c1-3-4-5-6-10-13-23(26)25-24-17-20-14-15-21(22(16-20)27-2)28-18-19-11-8-7-9-12-19/h7-9,11-12,14-17H,3-6,10,13,18H2,1-2H3,(H,25,26)/b24-17+. The van der Waals surface area contributed by atoms with Crippen molar-refractivity contribution in [3.63, 3.8) is 0 Å². The largest absolute Gasteiger partial charge is 0.493 e. The van der Waals surface area contributed by atoms with Gasteiger partial charge in [0, 0.05) is 6.42 Å². The van der Waals surface area contributed by atoms with Crippen LogP contribution in [0.25, 0.3) is 0 Å². The van der Waals surface area contributed by atoms with Gasteiger partial charge in [-0.25, -0.2) is 5.43 Å². The molecule has 2 aromatic rings. The molecule has 0 saturated heterocycles. The average molecular weight is 383 g/mol. The Morgan fingerprint density at radius 1 is 1.04 bits per heavy atom. The molecule has 0 heterocycles. The molecule has 2 aromatic carbocycles. The highest BCUT2D eigenvalue weighted by Gasteiger charge is 2.06. The minimum absolute atomic E-state index is 0.0532. The van der Waals surface area contributed by atoms with Crippen LogP contribution in [-0.2, 0) is 11.4 Å². The Labute approximate surface area is 167 Å². The van der Waals surface area contributed by atoms with E-state index >= 15 is 0 Å². The zero-order chi connectivity index (χ0) is 20.0. The van der Waals surface area contributed by atoms with Crippen molar-refractivity contribution >= 4 is 12.1 Å². The van der Waals surface area contributed by atoms with Gasteiger partial charge in [0.15, 0.2) is 11.5 Å². The lowest BCUT2D eigenvalue weighted by Crippen LogP contribution is -2.16. The first kappa shape index (κ1) is 21.5. The molecule has 0 spiro atoms. The van der Waals surface area contributed by atoms with Crippen LogP contribution in [0.5, 0.6) is 11.5 Å². The summed E-state index contributed by atoms with van der Waals surface area (Å²) in [5.41, 5.74) is 4.50. The Morgan fingerprint density at radius 2 is 1.82 bits per heavy atom. The van der Waals surface area contributed by atoms with Crippen LogP contribution in [-0.4, -0.2) is 19.2 Å². The lowest BCUT2D eigenvalue weighted by Gasteiger charge is -2.11. The van der Waals surface area contributed by atoms with E-state index in [1.54, 1.807) is 13.3 Å². The van der Waals surface area contributed by atoms with E-state index in [4.69, 9.17) is 9.47 Å². The van der Waals surface area contributed by atoms with E-state index in [0.29, 0.717) is 24.5 Å². The van der Waals surface area contributed by atoms with E-state index in [1.807, 2.05) is 48.5 Å². The average Bonchev–Trinajstić information content (AvgIpc) is 2.73. The minimum Gasteiger partial charge on any atom is -0.493 e. The second kappa shape index (κ2) is 12.5. The first-order valence-corrected chi connectivity index (χ1v) is 9.89. The minimum atomic E-state index is -0.0532. The van der Waals surface area contributed by atoms with Crippen molar-refractivity contribution in [1.29, 1.82) is 0 Å². The maximum Gasteiger partial charge on any atom is 0.240 e. The van der Waals surface area contributed by atoms with Crippen LogP contribution < -0.4 is 14.9 Å². The summed E-state index contributed by atoms with van der Waals surface area (Å²) in [5, 5.41) is 4.03. The molecular weight excluding hydrogens is 352 g/mol. The molecule has 2 rings (SSSR count). The summed E-state index contributed by atoms with van der Waals surface area (Å²) in [4.78, 5) is 11.8. The number of carbonyl (C=O) groups is 1. The number of hydrogen-bond donors (Lipinski definition) is 1. The van der Waals surface area contributed by atoms with Gasteiger partial charge in [-0.1, -0.05) is 62.9 Å². The Balaban J connectivity index is 1.82.